The van der Waals surface area contributed by atoms with Crippen LogP contribution >= 0.6 is 39.1 Å². The Morgan fingerprint density at radius 1 is 1.30 bits per heavy atom. The van der Waals surface area contributed by atoms with Crippen LogP contribution in [0.1, 0.15) is 42.5 Å². The molecule has 1 aliphatic rings. The number of carbonyl (C=O) groups excluding carboxylic acids is 1. The molecule has 0 heterocycles. The van der Waals surface area contributed by atoms with E-state index in [0.29, 0.717) is 29.1 Å². The molecule has 0 aliphatic heterocycles. The van der Waals surface area contributed by atoms with Gasteiger partial charge >= 0.3 is 0 Å². The Balaban J connectivity index is 2.18. The van der Waals surface area contributed by atoms with Gasteiger partial charge in [-0.1, -0.05) is 30.9 Å². The van der Waals surface area contributed by atoms with Crippen molar-refractivity contribution < 1.29 is 4.79 Å². The summed E-state index contributed by atoms with van der Waals surface area (Å²) in [5.74, 6) is 0.520. The smallest absolute Gasteiger partial charge is 0.254 e. The Labute approximate surface area is 138 Å². The summed E-state index contributed by atoms with van der Waals surface area (Å²) in [5, 5.41) is 0.614. The van der Waals surface area contributed by atoms with Crippen LogP contribution in [0.25, 0.3) is 0 Å². The van der Waals surface area contributed by atoms with Gasteiger partial charge in [0.2, 0.25) is 0 Å². The minimum atomic E-state index is 0.0508. The lowest BCUT2D eigenvalue weighted by Gasteiger charge is -2.34. The highest BCUT2D eigenvalue weighted by Crippen LogP contribution is 2.27. The van der Waals surface area contributed by atoms with Gasteiger partial charge in [-0.25, -0.2) is 0 Å². The summed E-state index contributed by atoms with van der Waals surface area (Å²) in [7, 11) is 0. The Bertz CT molecular complexity index is 475. The van der Waals surface area contributed by atoms with Crippen molar-refractivity contribution in [1.82, 2.24) is 4.90 Å². The number of nitrogens with zero attached hydrogens (tertiary/aromatic N) is 1. The van der Waals surface area contributed by atoms with E-state index in [0.717, 1.165) is 17.3 Å². The van der Waals surface area contributed by atoms with Crippen molar-refractivity contribution in [2.45, 2.75) is 38.1 Å². The zero-order valence-corrected chi connectivity index (χ0v) is 14.3. The van der Waals surface area contributed by atoms with Gasteiger partial charge < -0.3 is 4.90 Å². The van der Waals surface area contributed by atoms with Crippen LogP contribution < -0.4 is 0 Å². The molecule has 0 radical (unpaired) electrons. The third-order valence-electron chi connectivity index (χ3n) is 3.77. The van der Waals surface area contributed by atoms with E-state index < -0.39 is 0 Å². The fraction of sp³-hybridized carbons (Fsp3) is 0.533. The second-order valence-corrected chi connectivity index (χ2v) is 6.75. The molecule has 5 heteroatoms. The molecule has 1 aliphatic carbocycles. The van der Waals surface area contributed by atoms with Gasteiger partial charge in [-0.3, -0.25) is 4.79 Å². The van der Waals surface area contributed by atoms with Crippen molar-refractivity contribution in [3.05, 3.63) is 33.3 Å². The van der Waals surface area contributed by atoms with Crippen molar-refractivity contribution in [3.63, 3.8) is 0 Å². The quantitative estimate of drug-likeness (QED) is 0.666. The SMILES string of the molecule is O=C(c1ccc(Cl)c(Br)c1)N(CCCl)C1CCCCC1. The summed E-state index contributed by atoms with van der Waals surface area (Å²) in [6, 6.07) is 5.64. The van der Waals surface area contributed by atoms with Gasteiger partial charge in [0.25, 0.3) is 5.91 Å². The molecule has 110 valence electrons. The van der Waals surface area contributed by atoms with E-state index in [-0.39, 0.29) is 5.91 Å². The van der Waals surface area contributed by atoms with Crippen LogP contribution in [0, 0.1) is 0 Å². The normalized spacial score (nSPS) is 16.1. The highest BCUT2D eigenvalue weighted by Gasteiger charge is 2.26. The van der Waals surface area contributed by atoms with E-state index >= 15 is 0 Å². The number of rotatable bonds is 4. The predicted molar refractivity (Wildman–Crippen MR) is 87.8 cm³/mol. The lowest BCUT2D eigenvalue weighted by Crippen LogP contribution is -2.42. The number of carbonyl (C=O) groups is 1. The molecule has 0 saturated heterocycles. The molecule has 20 heavy (non-hydrogen) atoms. The highest BCUT2D eigenvalue weighted by molar-refractivity contribution is 9.10. The molecule has 0 aromatic heterocycles. The summed E-state index contributed by atoms with van der Waals surface area (Å²) in [4.78, 5) is 14.6. The van der Waals surface area contributed by atoms with Crippen molar-refractivity contribution in [2.24, 2.45) is 0 Å². The molecule has 2 rings (SSSR count). The summed E-state index contributed by atoms with van der Waals surface area (Å²) >= 11 is 15.2. The average molecular weight is 379 g/mol. The Morgan fingerprint density at radius 3 is 2.60 bits per heavy atom. The molecule has 1 aromatic rings. The van der Waals surface area contributed by atoms with Crippen LogP contribution in [0.3, 0.4) is 0 Å². The fourth-order valence-electron chi connectivity index (χ4n) is 2.73. The summed E-state index contributed by atoms with van der Waals surface area (Å²) in [6.45, 7) is 0.602. The predicted octanol–water partition coefficient (Wildman–Crippen LogP) is 5.12. The summed E-state index contributed by atoms with van der Waals surface area (Å²) < 4.78 is 0.750. The van der Waals surface area contributed by atoms with Crippen LogP contribution in [0.15, 0.2) is 22.7 Å². The summed E-state index contributed by atoms with van der Waals surface area (Å²) in [5.41, 5.74) is 0.664. The molecule has 1 fully saturated rings. The Morgan fingerprint density at radius 2 is 2.00 bits per heavy atom. The molecular formula is C15H18BrCl2NO. The zero-order chi connectivity index (χ0) is 14.5. The van der Waals surface area contributed by atoms with Crippen LogP contribution in [-0.2, 0) is 0 Å². The van der Waals surface area contributed by atoms with Crippen LogP contribution in [0.4, 0.5) is 0 Å². The number of hydrogen-bond donors (Lipinski definition) is 0. The maximum absolute atomic E-state index is 12.7. The average Bonchev–Trinajstić information content (AvgIpc) is 2.48. The van der Waals surface area contributed by atoms with Crippen molar-refractivity contribution in [1.29, 1.82) is 0 Å². The number of alkyl halides is 1. The molecule has 0 atom stereocenters. The van der Waals surface area contributed by atoms with Gasteiger partial charge in [-0.15, -0.1) is 11.6 Å². The van der Waals surface area contributed by atoms with Crippen LogP contribution in [0.5, 0.6) is 0 Å². The molecular weight excluding hydrogens is 361 g/mol. The maximum atomic E-state index is 12.7. The second-order valence-electron chi connectivity index (χ2n) is 5.11. The number of benzene rings is 1. The summed E-state index contributed by atoms with van der Waals surface area (Å²) in [6.07, 6.45) is 5.82. The van der Waals surface area contributed by atoms with Crippen molar-refractivity contribution in [3.8, 4) is 0 Å². The number of hydrogen-bond acceptors (Lipinski definition) is 1. The van der Waals surface area contributed by atoms with Gasteiger partial charge in [0.1, 0.15) is 0 Å². The molecule has 0 unspecified atom stereocenters. The molecule has 0 bridgehead atoms. The molecule has 2 nitrogen and oxygen atoms in total. The van der Waals surface area contributed by atoms with E-state index in [9.17, 15) is 4.79 Å². The van der Waals surface area contributed by atoms with E-state index in [1.54, 1.807) is 18.2 Å². The first-order valence-corrected chi connectivity index (χ1v) is 8.66. The first-order valence-electron chi connectivity index (χ1n) is 6.95. The largest absolute Gasteiger partial charge is 0.334 e. The van der Waals surface area contributed by atoms with Crippen LogP contribution in [-0.4, -0.2) is 29.3 Å². The van der Waals surface area contributed by atoms with Gasteiger partial charge in [0, 0.05) is 28.5 Å². The number of halogens is 3. The maximum Gasteiger partial charge on any atom is 0.254 e. The van der Waals surface area contributed by atoms with Crippen molar-refractivity contribution in [2.75, 3.05) is 12.4 Å². The topological polar surface area (TPSA) is 20.3 Å². The molecule has 0 spiro atoms. The van der Waals surface area contributed by atoms with E-state index in [1.807, 2.05) is 4.90 Å². The highest BCUT2D eigenvalue weighted by atomic mass is 79.9. The molecule has 1 aromatic carbocycles. The van der Waals surface area contributed by atoms with Gasteiger partial charge in [-0.05, 0) is 47.0 Å². The lowest BCUT2D eigenvalue weighted by atomic mass is 9.93. The molecule has 1 saturated carbocycles. The van der Waals surface area contributed by atoms with Gasteiger partial charge in [0.15, 0.2) is 0 Å². The Kier molecular flexibility index (Phi) is 6.19. The zero-order valence-electron chi connectivity index (χ0n) is 11.2. The van der Waals surface area contributed by atoms with E-state index in [1.165, 1.54) is 19.3 Å². The third-order valence-corrected chi connectivity index (χ3v) is 5.15. The first-order chi connectivity index (χ1) is 9.63. The van der Waals surface area contributed by atoms with Crippen LogP contribution in [0.2, 0.25) is 5.02 Å². The minimum Gasteiger partial charge on any atom is -0.334 e. The lowest BCUT2D eigenvalue weighted by molar-refractivity contribution is 0.0649. The van der Waals surface area contributed by atoms with E-state index in [4.69, 9.17) is 23.2 Å². The molecule has 1 amide bonds. The van der Waals surface area contributed by atoms with E-state index in [2.05, 4.69) is 15.9 Å². The van der Waals surface area contributed by atoms with Crippen molar-refractivity contribution >= 4 is 45.0 Å². The molecule has 0 N–H and O–H groups in total. The van der Waals surface area contributed by atoms with Gasteiger partial charge in [0.05, 0.1) is 5.02 Å². The minimum absolute atomic E-state index is 0.0508. The fourth-order valence-corrected chi connectivity index (χ4v) is 3.41. The Hall–Kier alpha value is -0.250. The standard InChI is InChI=1S/C15H18BrCl2NO/c16-13-10-11(6-7-14(13)18)15(20)19(9-8-17)12-4-2-1-3-5-12/h6-7,10,12H,1-5,8-9H2. The second kappa shape index (κ2) is 7.67. The number of amides is 1. The first kappa shape index (κ1) is 16.1. The monoisotopic (exact) mass is 377 g/mol. The van der Waals surface area contributed by atoms with Gasteiger partial charge in [-0.2, -0.15) is 0 Å². The third kappa shape index (κ3) is 3.90.